The Kier molecular flexibility index (Phi) is 4.20. The third-order valence-electron chi connectivity index (χ3n) is 3.04. The minimum atomic E-state index is -0.128. The van der Waals surface area contributed by atoms with Crippen LogP contribution in [-0.2, 0) is 0 Å². The molecule has 0 amide bonds. The van der Waals surface area contributed by atoms with Gasteiger partial charge in [0, 0.05) is 11.1 Å². The highest BCUT2D eigenvalue weighted by Gasteiger charge is 2.14. The van der Waals surface area contributed by atoms with Crippen molar-refractivity contribution in [3.63, 3.8) is 0 Å². The molecular formula is C17H16O3. The van der Waals surface area contributed by atoms with Crippen LogP contribution in [0, 0.1) is 0 Å². The summed E-state index contributed by atoms with van der Waals surface area (Å²) in [5.41, 5.74) is 1.79. The standard InChI is InChI=1S/C17H16O3/c1-12(13-7-5-4-6-8-13)17(18)14-9-10-15(19-2)16(11-14)20-3/h4-11H,1H2,2-3H3. The zero-order valence-electron chi connectivity index (χ0n) is 11.6. The Labute approximate surface area is 118 Å². The van der Waals surface area contributed by atoms with Crippen molar-refractivity contribution in [1.82, 2.24) is 0 Å². The Balaban J connectivity index is 2.32. The molecule has 102 valence electrons. The molecule has 0 aliphatic rings. The van der Waals surface area contributed by atoms with Gasteiger partial charge in [0.2, 0.25) is 0 Å². The smallest absolute Gasteiger partial charge is 0.193 e. The van der Waals surface area contributed by atoms with E-state index in [9.17, 15) is 4.79 Å². The van der Waals surface area contributed by atoms with Crippen molar-refractivity contribution < 1.29 is 14.3 Å². The van der Waals surface area contributed by atoms with Crippen molar-refractivity contribution in [2.45, 2.75) is 0 Å². The molecule has 2 aromatic carbocycles. The molecule has 0 spiro atoms. The number of carbonyl (C=O) groups excluding carboxylic acids is 1. The molecule has 0 bridgehead atoms. The summed E-state index contributed by atoms with van der Waals surface area (Å²) in [6.07, 6.45) is 0. The summed E-state index contributed by atoms with van der Waals surface area (Å²) < 4.78 is 10.4. The predicted octanol–water partition coefficient (Wildman–Crippen LogP) is 3.60. The number of methoxy groups -OCH3 is 2. The highest BCUT2D eigenvalue weighted by Crippen LogP contribution is 2.29. The molecule has 0 N–H and O–H groups in total. The average Bonchev–Trinajstić information content (AvgIpc) is 2.53. The minimum Gasteiger partial charge on any atom is -0.493 e. The zero-order valence-corrected chi connectivity index (χ0v) is 11.6. The van der Waals surface area contributed by atoms with E-state index in [1.807, 2.05) is 30.3 Å². The third kappa shape index (κ3) is 2.72. The number of benzene rings is 2. The van der Waals surface area contributed by atoms with Crippen molar-refractivity contribution in [2.24, 2.45) is 0 Å². The SMILES string of the molecule is C=C(C(=O)c1ccc(OC)c(OC)c1)c1ccccc1. The van der Waals surface area contributed by atoms with E-state index >= 15 is 0 Å². The second kappa shape index (κ2) is 6.06. The second-order valence-electron chi connectivity index (χ2n) is 4.24. The molecule has 2 rings (SSSR count). The van der Waals surface area contributed by atoms with E-state index in [4.69, 9.17) is 9.47 Å². The maximum absolute atomic E-state index is 12.4. The molecule has 0 atom stereocenters. The number of allylic oxidation sites excluding steroid dienone is 1. The molecule has 0 aliphatic heterocycles. The lowest BCUT2D eigenvalue weighted by molar-refractivity contribution is 0.105. The quantitative estimate of drug-likeness (QED) is 0.614. The fraction of sp³-hybridized carbons (Fsp3) is 0.118. The van der Waals surface area contributed by atoms with Crippen molar-refractivity contribution in [3.05, 3.63) is 66.2 Å². The van der Waals surface area contributed by atoms with Gasteiger partial charge < -0.3 is 9.47 Å². The molecule has 0 aliphatic carbocycles. The van der Waals surface area contributed by atoms with Crippen molar-refractivity contribution in [3.8, 4) is 11.5 Å². The fourth-order valence-electron chi connectivity index (χ4n) is 1.92. The first-order valence-electron chi connectivity index (χ1n) is 6.18. The first kappa shape index (κ1) is 13.9. The van der Waals surface area contributed by atoms with Crippen LogP contribution in [0.1, 0.15) is 15.9 Å². The van der Waals surface area contributed by atoms with E-state index < -0.39 is 0 Å². The van der Waals surface area contributed by atoms with Gasteiger partial charge in [0.05, 0.1) is 14.2 Å². The summed E-state index contributed by atoms with van der Waals surface area (Å²) in [4.78, 5) is 12.4. The van der Waals surface area contributed by atoms with E-state index in [2.05, 4.69) is 6.58 Å². The van der Waals surface area contributed by atoms with Gasteiger partial charge in [-0.15, -0.1) is 0 Å². The topological polar surface area (TPSA) is 35.5 Å². The van der Waals surface area contributed by atoms with Crippen LogP contribution in [0.15, 0.2) is 55.1 Å². The van der Waals surface area contributed by atoms with E-state index in [1.54, 1.807) is 25.3 Å². The number of carbonyl (C=O) groups is 1. The molecule has 0 saturated heterocycles. The van der Waals surface area contributed by atoms with Crippen LogP contribution in [0.25, 0.3) is 5.57 Å². The molecule has 2 aromatic rings. The Bertz CT molecular complexity index is 630. The molecule has 3 nitrogen and oxygen atoms in total. The van der Waals surface area contributed by atoms with Gasteiger partial charge in [-0.2, -0.15) is 0 Å². The van der Waals surface area contributed by atoms with Crippen LogP contribution < -0.4 is 9.47 Å². The lowest BCUT2D eigenvalue weighted by Crippen LogP contribution is -2.02. The molecule has 0 saturated carbocycles. The van der Waals surface area contributed by atoms with Gasteiger partial charge in [0.25, 0.3) is 0 Å². The summed E-state index contributed by atoms with van der Waals surface area (Å²) in [6.45, 7) is 3.88. The summed E-state index contributed by atoms with van der Waals surface area (Å²) in [5, 5.41) is 0. The van der Waals surface area contributed by atoms with E-state index in [0.717, 1.165) is 5.56 Å². The molecule has 0 fully saturated rings. The monoisotopic (exact) mass is 268 g/mol. The summed E-state index contributed by atoms with van der Waals surface area (Å²) >= 11 is 0. The third-order valence-corrected chi connectivity index (χ3v) is 3.04. The normalized spacial score (nSPS) is 9.90. The molecule has 3 heteroatoms. The van der Waals surface area contributed by atoms with Gasteiger partial charge in [-0.05, 0) is 23.8 Å². The second-order valence-corrected chi connectivity index (χ2v) is 4.24. The number of hydrogen-bond donors (Lipinski definition) is 0. The average molecular weight is 268 g/mol. The lowest BCUT2D eigenvalue weighted by atomic mass is 9.98. The number of Topliss-reactive ketones (excluding diaryl/α,β-unsaturated/α-hetero) is 1. The fourth-order valence-corrected chi connectivity index (χ4v) is 1.92. The molecular weight excluding hydrogens is 252 g/mol. The van der Waals surface area contributed by atoms with E-state index in [0.29, 0.717) is 22.6 Å². The van der Waals surface area contributed by atoms with Crippen molar-refractivity contribution in [1.29, 1.82) is 0 Å². The number of ether oxygens (including phenoxy) is 2. The summed E-state index contributed by atoms with van der Waals surface area (Å²) in [7, 11) is 3.10. The van der Waals surface area contributed by atoms with Crippen LogP contribution in [-0.4, -0.2) is 20.0 Å². The van der Waals surface area contributed by atoms with Gasteiger partial charge in [-0.25, -0.2) is 0 Å². The first-order valence-corrected chi connectivity index (χ1v) is 6.18. The number of ketones is 1. The van der Waals surface area contributed by atoms with Gasteiger partial charge in [-0.1, -0.05) is 36.9 Å². The molecule has 20 heavy (non-hydrogen) atoms. The number of rotatable bonds is 5. The predicted molar refractivity (Wildman–Crippen MR) is 79.4 cm³/mol. The van der Waals surface area contributed by atoms with Gasteiger partial charge >= 0.3 is 0 Å². The van der Waals surface area contributed by atoms with Crippen LogP contribution in [0.3, 0.4) is 0 Å². The maximum Gasteiger partial charge on any atom is 0.193 e. The Morgan fingerprint density at radius 3 is 2.15 bits per heavy atom. The number of hydrogen-bond acceptors (Lipinski definition) is 3. The largest absolute Gasteiger partial charge is 0.493 e. The Morgan fingerprint density at radius 1 is 0.900 bits per heavy atom. The highest BCUT2D eigenvalue weighted by atomic mass is 16.5. The summed E-state index contributed by atoms with van der Waals surface area (Å²) in [6, 6.07) is 14.5. The van der Waals surface area contributed by atoms with Crippen molar-refractivity contribution >= 4 is 11.4 Å². The summed E-state index contributed by atoms with van der Waals surface area (Å²) in [5.74, 6) is 0.991. The zero-order chi connectivity index (χ0) is 14.5. The molecule has 0 aromatic heterocycles. The Hall–Kier alpha value is -2.55. The minimum absolute atomic E-state index is 0.128. The Morgan fingerprint density at radius 2 is 1.55 bits per heavy atom. The van der Waals surface area contributed by atoms with Crippen LogP contribution in [0.5, 0.6) is 11.5 Å². The van der Waals surface area contributed by atoms with Gasteiger partial charge in [-0.3, -0.25) is 4.79 Å². The first-order chi connectivity index (χ1) is 9.67. The van der Waals surface area contributed by atoms with Gasteiger partial charge in [0.1, 0.15) is 0 Å². The highest BCUT2D eigenvalue weighted by molar-refractivity contribution is 6.28. The van der Waals surface area contributed by atoms with Gasteiger partial charge in [0.15, 0.2) is 17.3 Å². The van der Waals surface area contributed by atoms with Crippen molar-refractivity contribution in [2.75, 3.05) is 14.2 Å². The molecule has 0 unspecified atom stereocenters. The maximum atomic E-state index is 12.4. The van der Waals surface area contributed by atoms with Crippen LogP contribution in [0.4, 0.5) is 0 Å². The van der Waals surface area contributed by atoms with E-state index in [-0.39, 0.29) is 5.78 Å². The van der Waals surface area contributed by atoms with Crippen LogP contribution in [0.2, 0.25) is 0 Å². The lowest BCUT2D eigenvalue weighted by Gasteiger charge is -2.10. The molecule has 0 heterocycles. The van der Waals surface area contributed by atoms with Crippen LogP contribution >= 0.6 is 0 Å². The van der Waals surface area contributed by atoms with E-state index in [1.165, 1.54) is 7.11 Å². The molecule has 0 radical (unpaired) electrons.